The lowest BCUT2D eigenvalue weighted by Gasteiger charge is -2.18. The van der Waals surface area contributed by atoms with Crippen molar-refractivity contribution in [2.24, 2.45) is 5.92 Å². The molecule has 1 fully saturated rings. The molecule has 128 valence electrons. The number of nitrogens with zero attached hydrogens (tertiary/aromatic N) is 3. The Hall–Kier alpha value is -2.06. The summed E-state index contributed by atoms with van der Waals surface area (Å²) in [5.74, 6) is -2.43. The Balaban J connectivity index is 2.27. The van der Waals surface area contributed by atoms with Crippen LogP contribution in [0.4, 0.5) is 13.2 Å². The van der Waals surface area contributed by atoms with Crippen LogP contribution < -0.4 is 0 Å². The van der Waals surface area contributed by atoms with Gasteiger partial charge in [0.1, 0.15) is 5.69 Å². The lowest BCUT2D eigenvalue weighted by Crippen LogP contribution is -2.39. The summed E-state index contributed by atoms with van der Waals surface area (Å²) in [7, 11) is 0. The van der Waals surface area contributed by atoms with Crippen LogP contribution in [0.25, 0.3) is 0 Å². The lowest BCUT2D eigenvalue weighted by atomic mass is 10.1. The number of aromatic nitrogens is 2. The molecule has 2 heterocycles. The van der Waals surface area contributed by atoms with E-state index >= 15 is 0 Å². The summed E-state index contributed by atoms with van der Waals surface area (Å²) in [6, 6.07) is 0. The Morgan fingerprint density at radius 3 is 2.57 bits per heavy atom. The fraction of sp³-hybridized carbons (Fsp3) is 0.643. The van der Waals surface area contributed by atoms with Crippen molar-refractivity contribution in [2.75, 3.05) is 13.1 Å². The quantitative estimate of drug-likeness (QED) is 0.895. The molecular formula is C14H18F3N3O3. The summed E-state index contributed by atoms with van der Waals surface area (Å²) < 4.78 is 41.7. The molecular weight excluding hydrogens is 315 g/mol. The van der Waals surface area contributed by atoms with Gasteiger partial charge in [-0.25, -0.2) is 18.0 Å². The molecule has 23 heavy (non-hydrogen) atoms. The number of halogens is 3. The SMILES string of the molecule is CC(C)Cn1ncc(C(=O)N2CCC(F)(C(=O)O)C2)c1C(F)F. The minimum absolute atomic E-state index is 0.0487. The highest BCUT2D eigenvalue weighted by Crippen LogP contribution is 2.30. The largest absolute Gasteiger partial charge is 0.479 e. The number of hydrogen-bond donors (Lipinski definition) is 1. The molecule has 1 N–H and O–H groups in total. The second-order valence-electron chi connectivity index (χ2n) is 6.07. The Kier molecular flexibility index (Phi) is 4.67. The zero-order chi connectivity index (χ0) is 17.4. The van der Waals surface area contributed by atoms with Crippen molar-refractivity contribution in [3.8, 4) is 0 Å². The molecule has 1 aliphatic heterocycles. The number of carboxylic acid groups (broad SMARTS) is 1. The van der Waals surface area contributed by atoms with Crippen molar-refractivity contribution in [1.82, 2.24) is 14.7 Å². The van der Waals surface area contributed by atoms with Gasteiger partial charge in [-0.1, -0.05) is 13.8 Å². The minimum atomic E-state index is -2.91. The molecule has 1 aromatic heterocycles. The van der Waals surface area contributed by atoms with E-state index < -0.39 is 36.2 Å². The minimum Gasteiger partial charge on any atom is -0.479 e. The Morgan fingerprint density at radius 1 is 1.43 bits per heavy atom. The Bertz CT molecular complexity index is 618. The van der Waals surface area contributed by atoms with E-state index in [9.17, 15) is 22.8 Å². The molecule has 2 rings (SSSR count). The number of likely N-dealkylation sites (tertiary alicyclic amines) is 1. The summed E-state index contributed by atoms with van der Waals surface area (Å²) in [6.07, 6.45) is -2.24. The van der Waals surface area contributed by atoms with Crippen molar-refractivity contribution in [3.05, 3.63) is 17.5 Å². The van der Waals surface area contributed by atoms with Crippen LogP contribution in [-0.4, -0.2) is 50.4 Å². The van der Waals surface area contributed by atoms with E-state index in [1.807, 2.05) is 13.8 Å². The van der Waals surface area contributed by atoms with Gasteiger partial charge in [-0.2, -0.15) is 5.10 Å². The second-order valence-corrected chi connectivity index (χ2v) is 6.07. The maximum atomic E-state index is 14.0. The molecule has 0 saturated carbocycles. The molecule has 0 spiro atoms. The van der Waals surface area contributed by atoms with Crippen molar-refractivity contribution in [3.63, 3.8) is 0 Å². The van der Waals surface area contributed by atoms with Crippen LogP contribution in [0.5, 0.6) is 0 Å². The van der Waals surface area contributed by atoms with Crippen LogP contribution in [0.2, 0.25) is 0 Å². The maximum absolute atomic E-state index is 14.0. The van der Waals surface area contributed by atoms with E-state index in [2.05, 4.69) is 5.10 Å². The maximum Gasteiger partial charge on any atom is 0.343 e. The summed E-state index contributed by atoms with van der Waals surface area (Å²) in [4.78, 5) is 24.2. The zero-order valence-corrected chi connectivity index (χ0v) is 12.8. The first kappa shape index (κ1) is 17.3. The van der Waals surface area contributed by atoms with Gasteiger partial charge in [0, 0.05) is 19.5 Å². The van der Waals surface area contributed by atoms with Gasteiger partial charge in [0.25, 0.3) is 12.3 Å². The van der Waals surface area contributed by atoms with Gasteiger partial charge in [0.2, 0.25) is 5.67 Å². The van der Waals surface area contributed by atoms with Crippen LogP contribution in [0.3, 0.4) is 0 Å². The van der Waals surface area contributed by atoms with Gasteiger partial charge in [-0.15, -0.1) is 0 Å². The molecule has 0 radical (unpaired) electrons. The van der Waals surface area contributed by atoms with Gasteiger partial charge in [-0.05, 0) is 5.92 Å². The van der Waals surface area contributed by atoms with E-state index in [0.717, 1.165) is 15.8 Å². The zero-order valence-electron chi connectivity index (χ0n) is 12.8. The van der Waals surface area contributed by atoms with Gasteiger partial charge in [0.15, 0.2) is 0 Å². The molecule has 0 bridgehead atoms. The van der Waals surface area contributed by atoms with Crippen LogP contribution in [0, 0.1) is 5.92 Å². The highest BCUT2D eigenvalue weighted by Gasteiger charge is 2.47. The Morgan fingerprint density at radius 2 is 2.09 bits per heavy atom. The molecule has 9 heteroatoms. The Labute approximate surface area is 130 Å². The monoisotopic (exact) mass is 333 g/mol. The average Bonchev–Trinajstić information content (AvgIpc) is 3.02. The number of aliphatic carboxylic acids is 1. The van der Waals surface area contributed by atoms with Crippen molar-refractivity contribution in [2.45, 2.75) is 38.9 Å². The summed E-state index contributed by atoms with van der Waals surface area (Å²) >= 11 is 0. The molecule has 1 aromatic rings. The van der Waals surface area contributed by atoms with Crippen molar-refractivity contribution in [1.29, 1.82) is 0 Å². The third-order valence-corrected chi connectivity index (χ3v) is 3.75. The van der Waals surface area contributed by atoms with E-state index in [0.29, 0.717) is 0 Å². The summed E-state index contributed by atoms with van der Waals surface area (Å²) in [6.45, 7) is 3.07. The fourth-order valence-electron chi connectivity index (χ4n) is 2.57. The van der Waals surface area contributed by atoms with Gasteiger partial charge in [0.05, 0.1) is 18.3 Å². The number of rotatable bonds is 5. The van der Waals surface area contributed by atoms with E-state index in [1.54, 1.807) is 0 Å². The van der Waals surface area contributed by atoms with Gasteiger partial charge >= 0.3 is 5.97 Å². The topological polar surface area (TPSA) is 75.4 Å². The smallest absolute Gasteiger partial charge is 0.343 e. The van der Waals surface area contributed by atoms with E-state index in [1.165, 1.54) is 0 Å². The predicted molar refractivity (Wildman–Crippen MR) is 74.0 cm³/mol. The summed E-state index contributed by atoms with van der Waals surface area (Å²) in [5, 5.41) is 12.7. The molecule has 1 aliphatic rings. The fourth-order valence-corrected chi connectivity index (χ4v) is 2.57. The first-order chi connectivity index (χ1) is 10.7. The molecule has 1 amide bonds. The van der Waals surface area contributed by atoms with Crippen LogP contribution >= 0.6 is 0 Å². The number of hydrogen-bond acceptors (Lipinski definition) is 3. The van der Waals surface area contributed by atoms with E-state index in [-0.39, 0.29) is 31.0 Å². The molecule has 6 nitrogen and oxygen atoms in total. The van der Waals surface area contributed by atoms with Crippen molar-refractivity contribution < 1.29 is 27.9 Å². The number of alkyl halides is 3. The van der Waals surface area contributed by atoms with Crippen molar-refractivity contribution >= 4 is 11.9 Å². The van der Waals surface area contributed by atoms with Gasteiger partial charge in [-0.3, -0.25) is 9.48 Å². The molecule has 0 aromatic carbocycles. The van der Waals surface area contributed by atoms with Crippen LogP contribution in [0.1, 0.15) is 42.7 Å². The number of carboxylic acids is 1. The third-order valence-electron chi connectivity index (χ3n) is 3.75. The third kappa shape index (κ3) is 3.32. The normalized spacial score (nSPS) is 21.4. The van der Waals surface area contributed by atoms with Crippen LogP contribution in [-0.2, 0) is 11.3 Å². The molecule has 1 atom stereocenters. The predicted octanol–water partition coefficient (Wildman–Crippen LogP) is 2.12. The summed E-state index contributed by atoms with van der Waals surface area (Å²) in [5.41, 5.74) is -3.36. The first-order valence-corrected chi connectivity index (χ1v) is 7.21. The molecule has 1 unspecified atom stereocenters. The number of carbonyl (C=O) groups is 2. The van der Waals surface area contributed by atoms with Gasteiger partial charge < -0.3 is 10.0 Å². The van der Waals surface area contributed by atoms with Crippen LogP contribution in [0.15, 0.2) is 6.20 Å². The number of amides is 1. The molecule has 0 aliphatic carbocycles. The molecule has 1 saturated heterocycles. The first-order valence-electron chi connectivity index (χ1n) is 7.21. The second kappa shape index (κ2) is 6.21. The highest BCUT2D eigenvalue weighted by atomic mass is 19.3. The average molecular weight is 333 g/mol. The highest BCUT2D eigenvalue weighted by molar-refractivity contribution is 5.96. The standard InChI is InChI=1S/C14H18F3N3O3/c1-8(2)6-20-10(11(15)16)9(5-18-20)12(21)19-4-3-14(17,7-19)13(22)23/h5,8,11H,3-4,6-7H2,1-2H3,(H,22,23). The van der Waals surface area contributed by atoms with E-state index in [4.69, 9.17) is 5.11 Å². The number of carbonyl (C=O) groups excluding carboxylic acids is 1. The lowest BCUT2D eigenvalue weighted by molar-refractivity contribution is -0.149.